The predicted octanol–water partition coefficient (Wildman–Crippen LogP) is 2.87. The molecule has 2 amide bonds. The highest BCUT2D eigenvalue weighted by atomic mass is 32.2. The van der Waals surface area contributed by atoms with E-state index in [0.29, 0.717) is 31.9 Å². The van der Waals surface area contributed by atoms with Crippen LogP contribution in [0.3, 0.4) is 0 Å². The van der Waals surface area contributed by atoms with Gasteiger partial charge in [0.1, 0.15) is 11.4 Å². The molecule has 138 valence electrons. The quantitative estimate of drug-likeness (QED) is 0.767. The van der Waals surface area contributed by atoms with Crippen molar-refractivity contribution in [1.29, 1.82) is 0 Å². The topological polar surface area (TPSA) is 59.1 Å². The van der Waals surface area contributed by atoms with Crippen LogP contribution >= 0.6 is 11.8 Å². The number of thioether (sulfide) groups is 1. The molecule has 1 saturated heterocycles. The second kappa shape index (κ2) is 8.47. The van der Waals surface area contributed by atoms with Gasteiger partial charge in [-0.25, -0.2) is 4.79 Å². The maximum Gasteiger partial charge on any atom is 0.410 e. The molecule has 1 aliphatic heterocycles. The Labute approximate surface area is 153 Å². The number of hydrogen-bond donors (Lipinski definition) is 0. The molecule has 0 saturated carbocycles. The summed E-state index contributed by atoms with van der Waals surface area (Å²) in [6.07, 6.45) is -0.314. The number of rotatable bonds is 4. The SMILES string of the molecule is COc1cccc(SCC(=O)N2CCN(C(=O)OC(C)(C)C)CC2)c1. The summed E-state index contributed by atoms with van der Waals surface area (Å²) in [5, 5.41) is 0. The van der Waals surface area contributed by atoms with E-state index in [2.05, 4.69) is 0 Å². The molecule has 0 atom stereocenters. The molecule has 0 unspecified atom stereocenters. The van der Waals surface area contributed by atoms with Crippen LogP contribution in [0.25, 0.3) is 0 Å². The summed E-state index contributed by atoms with van der Waals surface area (Å²) >= 11 is 1.49. The molecule has 1 heterocycles. The largest absolute Gasteiger partial charge is 0.497 e. The zero-order chi connectivity index (χ0) is 18.4. The van der Waals surface area contributed by atoms with Gasteiger partial charge in [0.15, 0.2) is 0 Å². The average molecular weight is 366 g/mol. The number of ether oxygens (including phenoxy) is 2. The maximum absolute atomic E-state index is 12.4. The van der Waals surface area contributed by atoms with Crippen molar-refractivity contribution in [2.75, 3.05) is 39.0 Å². The molecular weight excluding hydrogens is 340 g/mol. The first-order valence-electron chi connectivity index (χ1n) is 8.31. The van der Waals surface area contributed by atoms with Gasteiger partial charge in [0.25, 0.3) is 0 Å². The lowest BCUT2D eigenvalue weighted by Crippen LogP contribution is -2.52. The molecule has 0 spiro atoms. The van der Waals surface area contributed by atoms with E-state index in [0.717, 1.165) is 10.6 Å². The third-order valence-corrected chi connectivity index (χ3v) is 4.67. The van der Waals surface area contributed by atoms with Crippen molar-refractivity contribution in [1.82, 2.24) is 9.80 Å². The zero-order valence-corrected chi connectivity index (χ0v) is 16.1. The molecule has 0 N–H and O–H groups in total. The predicted molar refractivity (Wildman–Crippen MR) is 98.1 cm³/mol. The monoisotopic (exact) mass is 366 g/mol. The Balaban J connectivity index is 1.78. The third-order valence-electron chi connectivity index (χ3n) is 3.69. The van der Waals surface area contributed by atoms with Crippen molar-refractivity contribution < 1.29 is 19.1 Å². The number of nitrogens with zero attached hydrogens (tertiary/aromatic N) is 2. The van der Waals surface area contributed by atoms with E-state index >= 15 is 0 Å². The standard InChI is InChI=1S/C18H26N2O4S/c1-18(2,3)24-17(22)20-10-8-19(9-11-20)16(21)13-25-15-7-5-6-14(12-15)23-4/h5-7,12H,8-11,13H2,1-4H3. The number of piperazine rings is 1. The van der Waals surface area contributed by atoms with Crippen LogP contribution in [-0.2, 0) is 9.53 Å². The maximum atomic E-state index is 12.4. The minimum absolute atomic E-state index is 0.0802. The fourth-order valence-electron chi connectivity index (χ4n) is 2.39. The lowest BCUT2D eigenvalue weighted by atomic mass is 10.2. The van der Waals surface area contributed by atoms with Gasteiger partial charge in [0.2, 0.25) is 5.91 Å². The Morgan fingerprint density at radius 3 is 2.36 bits per heavy atom. The Kier molecular flexibility index (Phi) is 6.58. The van der Waals surface area contributed by atoms with Crippen LogP contribution in [0.5, 0.6) is 5.75 Å². The summed E-state index contributed by atoms with van der Waals surface area (Å²) in [6.45, 7) is 7.63. The van der Waals surface area contributed by atoms with E-state index in [4.69, 9.17) is 9.47 Å². The first-order valence-corrected chi connectivity index (χ1v) is 9.29. The van der Waals surface area contributed by atoms with Gasteiger partial charge in [-0.3, -0.25) is 4.79 Å². The zero-order valence-electron chi connectivity index (χ0n) is 15.3. The Bertz CT molecular complexity index is 607. The van der Waals surface area contributed by atoms with Crippen LogP contribution < -0.4 is 4.74 Å². The van der Waals surface area contributed by atoms with Gasteiger partial charge in [0, 0.05) is 31.1 Å². The van der Waals surface area contributed by atoms with Crippen LogP contribution in [0.2, 0.25) is 0 Å². The van der Waals surface area contributed by atoms with Crippen LogP contribution in [0, 0.1) is 0 Å². The Morgan fingerprint density at radius 1 is 1.12 bits per heavy atom. The summed E-state index contributed by atoms with van der Waals surface area (Å²) in [7, 11) is 1.62. The van der Waals surface area contributed by atoms with Gasteiger partial charge >= 0.3 is 6.09 Å². The molecule has 1 fully saturated rings. The van der Waals surface area contributed by atoms with Crippen LogP contribution in [0.15, 0.2) is 29.2 Å². The first kappa shape index (κ1) is 19.4. The van der Waals surface area contributed by atoms with E-state index in [1.165, 1.54) is 11.8 Å². The van der Waals surface area contributed by atoms with Crippen molar-refractivity contribution in [3.05, 3.63) is 24.3 Å². The van der Waals surface area contributed by atoms with E-state index < -0.39 is 5.60 Å². The highest BCUT2D eigenvalue weighted by Gasteiger charge is 2.27. The highest BCUT2D eigenvalue weighted by Crippen LogP contribution is 2.23. The molecular formula is C18H26N2O4S. The van der Waals surface area contributed by atoms with Gasteiger partial charge in [-0.2, -0.15) is 0 Å². The number of benzene rings is 1. The minimum atomic E-state index is -0.503. The van der Waals surface area contributed by atoms with Crippen molar-refractivity contribution in [3.63, 3.8) is 0 Å². The van der Waals surface area contributed by atoms with Crippen molar-refractivity contribution in [2.24, 2.45) is 0 Å². The van der Waals surface area contributed by atoms with Crippen LogP contribution in [0.1, 0.15) is 20.8 Å². The highest BCUT2D eigenvalue weighted by molar-refractivity contribution is 8.00. The van der Waals surface area contributed by atoms with Gasteiger partial charge in [-0.05, 0) is 39.0 Å². The van der Waals surface area contributed by atoms with E-state index in [-0.39, 0.29) is 12.0 Å². The molecule has 0 aromatic heterocycles. The van der Waals surface area contributed by atoms with Crippen molar-refractivity contribution in [2.45, 2.75) is 31.3 Å². The lowest BCUT2D eigenvalue weighted by Gasteiger charge is -2.35. The number of amides is 2. The molecule has 6 nitrogen and oxygen atoms in total. The average Bonchev–Trinajstić information content (AvgIpc) is 2.58. The fraction of sp³-hybridized carbons (Fsp3) is 0.556. The van der Waals surface area contributed by atoms with Gasteiger partial charge in [-0.15, -0.1) is 11.8 Å². The molecule has 25 heavy (non-hydrogen) atoms. The molecule has 1 aromatic rings. The molecule has 1 aromatic carbocycles. The number of methoxy groups -OCH3 is 1. The Morgan fingerprint density at radius 2 is 1.76 bits per heavy atom. The summed E-state index contributed by atoms with van der Waals surface area (Å²) in [4.78, 5) is 28.9. The van der Waals surface area contributed by atoms with Crippen molar-refractivity contribution in [3.8, 4) is 5.75 Å². The minimum Gasteiger partial charge on any atom is -0.497 e. The molecule has 0 aliphatic carbocycles. The smallest absolute Gasteiger partial charge is 0.410 e. The molecule has 1 aliphatic rings. The van der Waals surface area contributed by atoms with Crippen molar-refractivity contribution >= 4 is 23.8 Å². The van der Waals surface area contributed by atoms with Gasteiger partial charge in [-0.1, -0.05) is 6.07 Å². The van der Waals surface area contributed by atoms with Gasteiger partial charge in [0.05, 0.1) is 12.9 Å². The number of carbonyl (C=O) groups is 2. The summed E-state index contributed by atoms with van der Waals surface area (Å²) in [6, 6.07) is 7.66. The Hall–Kier alpha value is -1.89. The number of hydrogen-bond acceptors (Lipinski definition) is 5. The number of carbonyl (C=O) groups excluding carboxylic acids is 2. The lowest BCUT2D eigenvalue weighted by molar-refractivity contribution is -0.130. The molecule has 0 bridgehead atoms. The summed E-state index contributed by atoms with van der Waals surface area (Å²) in [5.41, 5.74) is -0.503. The fourth-order valence-corrected chi connectivity index (χ4v) is 3.24. The third kappa shape index (κ3) is 6.16. The van der Waals surface area contributed by atoms with E-state index in [1.807, 2.05) is 45.0 Å². The molecule has 0 radical (unpaired) electrons. The normalized spacial score (nSPS) is 15.0. The molecule has 2 rings (SSSR count). The van der Waals surface area contributed by atoms with Crippen LogP contribution in [-0.4, -0.2) is 66.4 Å². The molecule has 7 heteroatoms. The van der Waals surface area contributed by atoms with Crippen LogP contribution in [0.4, 0.5) is 4.79 Å². The first-order chi connectivity index (χ1) is 11.8. The second-order valence-electron chi connectivity index (χ2n) is 6.82. The summed E-state index contributed by atoms with van der Waals surface area (Å²) in [5.74, 6) is 1.24. The van der Waals surface area contributed by atoms with E-state index in [9.17, 15) is 9.59 Å². The second-order valence-corrected chi connectivity index (χ2v) is 7.86. The van der Waals surface area contributed by atoms with Gasteiger partial charge < -0.3 is 19.3 Å². The summed E-state index contributed by atoms with van der Waals surface area (Å²) < 4.78 is 10.6. The van der Waals surface area contributed by atoms with E-state index in [1.54, 1.807) is 16.9 Å².